The third-order valence-corrected chi connectivity index (χ3v) is 3.57. The zero-order valence-electron chi connectivity index (χ0n) is 12.4. The number of aromatic nitrogens is 4. The molecule has 0 aromatic carbocycles. The van der Waals surface area contributed by atoms with Crippen LogP contribution in [0.25, 0.3) is 11.5 Å². The molecule has 3 rings (SSSR count). The smallest absolute Gasteiger partial charge is 0.160 e. The molecule has 7 heteroatoms. The van der Waals surface area contributed by atoms with Crippen LogP contribution in [0.4, 0.5) is 5.82 Å². The van der Waals surface area contributed by atoms with Gasteiger partial charge in [-0.05, 0) is 19.2 Å². The minimum absolute atomic E-state index is 0.194. The first-order valence-electron chi connectivity index (χ1n) is 7.08. The maximum absolute atomic E-state index is 5.70. The number of hydrogen-bond donors (Lipinski definition) is 1. The van der Waals surface area contributed by atoms with Gasteiger partial charge in [0.15, 0.2) is 5.82 Å². The predicted molar refractivity (Wildman–Crippen MR) is 80.0 cm³/mol. The van der Waals surface area contributed by atoms with Crippen LogP contribution in [0.3, 0.4) is 0 Å². The van der Waals surface area contributed by atoms with Crippen molar-refractivity contribution in [3.63, 3.8) is 0 Å². The molecule has 2 aromatic rings. The molecule has 1 atom stereocenters. The molecule has 0 spiro atoms. The van der Waals surface area contributed by atoms with Gasteiger partial charge in [0.05, 0.1) is 12.7 Å². The van der Waals surface area contributed by atoms with Crippen molar-refractivity contribution < 1.29 is 4.74 Å². The van der Waals surface area contributed by atoms with Gasteiger partial charge in [-0.2, -0.15) is 0 Å². The highest BCUT2D eigenvalue weighted by Crippen LogP contribution is 2.14. The summed E-state index contributed by atoms with van der Waals surface area (Å²) in [5, 5.41) is 11.7. The Morgan fingerprint density at radius 3 is 2.90 bits per heavy atom. The van der Waals surface area contributed by atoms with Gasteiger partial charge in [0.1, 0.15) is 11.5 Å². The quantitative estimate of drug-likeness (QED) is 0.889. The highest BCUT2D eigenvalue weighted by Gasteiger charge is 2.17. The summed E-state index contributed by atoms with van der Waals surface area (Å²) >= 11 is 0. The van der Waals surface area contributed by atoms with E-state index >= 15 is 0 Å². The Balaban J connectivity index is 1.58. The molecule has 0 bridgehead atoms. The van der Waals surface area contributed by atoms with Crippen LogP contribution in [-0.4, -0.2) is 64.0 Å². The SMILES string of the molecule is CN1CCO[C@H](CNc2ccc(-c3nccn3C)nn2)C1. The van der Waals surface area contributed by atoms with Crippen LogP contribution in [0.1, 0.15) is 0 Å². The minimum Gasteiger partial charge on any atom is -0.374 e. The maximum atomic E-state index is 5.70. The van der Waals surface area contributed by atoms with Crippen LogP contribution in [-0.2, 0) is 11.8 Å². The molecule has 1 saturated heterocycles. The highest BCUT2D eigenvalue weighted by molar-refractivity contribution is 5.51. The fourth-order valence-corrected chi connectivity index (χ4v) is 2.37. The number of hydrogen-bond acceptors (Lipinski definition) is 6. The largest absolute Gasteiger partial charge is 0.374 e. The molecule has 1 aliphatic heterocycles. The molecule has 0 unspecified atom stereocenters. The lowest BCUT2D eigenvalue weighted by Gasteiger charge is -2.30. The first-order chi connectivity index (χ1) is 10.2. The Bertz CT molecular complexity index is 581. The maximum Gasteiger partial charge on any atom is 0.160 e. The van der Waals surface area contributed by atoms with Crippen LogP contribution in [0.2, 0.25) is 0 Å². The van der Waals surface area contributed by atoms with E-state index in [9.17, 15) is 0 Å². The molecule has 0 radical (unpaired) electrons. The molecule has 0 saturated carbocycles. The van der Waals surface area contributed by atoms with Crippen molar-refractivity contribution in [3.8, 4) is 11.5 Å². The van der Waals surface area contributed by atoms with Crippen molar-refractivity contribution >= 4 is 5.82 Å². The Kier molecular flexibility index (Phi) is 4.12. The zero-order valence-corrected chi connectivity index (χ0v) is 12.4. The van der Waals surface area contributed by atoms with E-state index in [1.54, 1.807) is 6.20 Å². The van der Waals surface area contributed by atoms with Crippen LogP contribution in [0.5, 0.6) is 0 Å². The monoisotopic (exact) mass is 288 g/mol. The van der Waals surface area contributed by atoms with Gasteiger partial charge >= 0.3 is 0 Å². The van der Waals surface area contributed by atoms with Crippen LogP contribution in [0.15, 0.2) is 24.5 Å². The fourth-order valence-electron chi connectivity index (χ4n) is 2.37. The van der Waals surface area contributed by atoms with Crippen molar-refractivity contribution in [1.29, 1.82) is 0 Å². The molecule has 0 aliphatic carbocycles. The number of imidazole rings is 1. The van der Waals surface area contributed by atoms with E-state index in [2.05, 4.69) is 32.4 Å². The van der Waals surface area contributed by atoms with E-state index in [1.807, 2.05) is 29.9 Å². The number of nitrogens with zero attached hydrogens (tertiary/aromatic N) is 5. The van der Waals surface area contributed by atoms with Gasteiger partial charge in [0, 0.05) is 39.1 Å². The summed E-state index contributed by atoms with van der Waals surface area (Å²) in [5.41, 5.74) is 0.765. The van der Waals surface area contributed by atoms with Crippen molar-refractivity contribution in [3.05, 3.63) is 24.5 Å². The second-order valence-corrected chi connectivity index (χ2v) is 5.30. The predicted octanol–water partition coefficient (Wildman–Crippen LogP) is 0.620. The molecule has 3 heterocycles. The van der Waals surface area contributed by atoms with Crippen molar-refractivity contribution in [2.45, 2.75) is 6.10 Å². The van der Waals surface area contributed by atoms with Gasteiger partial charge in [0.25, 0.3) is 0 Å². The summed E-state index contributed by atoms with van der Waals surface area (Å²) in [4.78, 5) is 6.53. The molecular weight excluding hydrogens is 268 g/mol. The number of nitrogens with one attached hydrogen (secondary N) is 1. The fraction of sp³-hybridized carbons (Fsp3) is 0.500. The first-order valence-corrected chi connectivity index (χ1v) is 7.08. The third-order valence-electron chi connectivity index (χ3n) is 3.57. The Labute approximate surface area is 124 Å². The van der Waals surface area contributed by atoms with Gasteiger partial charge in [-0.3, -0.25) is 0 Å². The summed E-state index contributed by atoms with van der Waals surface area (Å²) in [7, 11) is 4.05. The summed E-state index contributed by atoms with van der Waals surface area (Å²) in [6.45, 7) is 3.45. The molecule has 112 valence electrons. The summed E-state index contributed by atoms with van der Waals surface area (Å²) in [5.74, 6) is 1.57. The average molecular weight is 288 g/mol. The van der Waals surface area contributed by atoms with Gasteiger partial charge in [0.2, 0.25) is 0 Å². The Hall–Kier alpha value is -1.99. The Morgan fingerprint density at radius 2 is 2.24 bits per heavy atom. The molecule has 1 N–H and O–H groups in total. The van der Waals surface area contributed by atoms with Gasteiger partial charge < -0.3 is 19.5 Å². The second kappa shape index (κ2) is 6.19. The van der Waals surface area contributed by atoms with Crippen LogP contribution >= 0.6 is 0 Å². The standard InChI is InChI=1S/C14H20N6O/c1-19-7-8-21-11(10-19)9-16-13-4-3-12(17-18-13)14-15-5-6-20(14)2/h3-6,11H,7-10H2,1-2H3,(H,16,18)/t11-/m1/s1. The number of ether oxygens (including phenoxy) is 1. The van der Waals surface area contributed by atoms with E-state index < -0.39 is 0 Å². The van der Waals surface area contributed by atoms with Crippen molar-refractivity contribution in [2.75, 3.05) is 38.6 Å². The normalized spacial score (nSPS) is 19.6. The molecule has 2 aromatic heterocycles. The number of likely N-dealkylation sites (N-methyl/N-ethyl adjacent to an activating group) is 1. The molecular formula is C14H20N6O. The molecule has 0 amide bonds. The average Bonchev–Trinajstić information content (AvgIpc) is 2.92. The summed E-state index contributed by atoms with van der Waals surface area (Å²) in [6, 6.07) is 3.84. The third kappa shape index (κ3) is 3.37. The molecule has 1 aliphatic rings. The highest BCUT2D eigenvalue weighted by atomic mass is 16.5. The van der Waals surface area contributed by atoms with E-state index in [4.69, 9.17) is 4.74 Å². The lowest BCUT2D eigenvalue weighted by molar-refractivity contribution is -0.0117. The molecule has 7 nitrogen and oxygen atoms in total. The Morgan fingerprint density at radius 1 is 1.33 bits per heavy atom. The topological polar surface area (TPSA) is 68.1 Å². The van der Waals surface area contributed by atoms with Gasteiger partial charge in [-0.15, -0.1) is 10.2 Å². The van der Waals surface area contributed by atoms with E-state index in [0.717, 1.165) is 43.6 Å². The zero-order chi connectivity index (χ0) is 14.7. The number of anilines is 1. The van der Waals surface area contributed by atoms with E-state index in [1.165, 1.54) is 0 Å². The first kappa shape index (κ1) is 14.0. The van der Waals surface area contributed by atoms with Crippen LogP contribution < -0.4 is 5.32 Å². The molecule has 21 heavy (non-hydrogen) atoms. The lowest BCUT2D eigenvalue weighted by atomic mass is 10.3. The number of aryl methyl sites for hydroxylation is 1. The van der Waals surface area contributed by atoms with Gasteiger partial charge in [-0.1, -0.05) is 0 Å². The molecule has 1 fully saturated rings. The second-order valence-electron chi connectivity index (χ2n) is 5.30. The summed E-state index contributed by atoms with van der Waals surface area (Å²) < 4.78 is 7.62. The van der Waals surface area contributed by atoms with Gasteiger partial charge in [-0.25, -0.2) is 4.98 Å². The number of morpholine rings is 1. The van der Waals surface area contributed by atoms with Crippen LogP contribution in [0, 0.1) is 0 Å². The number of rotatable bonds is 4. The minimum atomic E-state index is 0.194. The van der Waals surface area contributed by atoms with Crippen molar-refractivity contribution in [1.82, 2.24) is 24.6 Å². The lowest BCUT2D eigenvalue weighted by Crippen LogP contribution is -2.43. The van der Waals surface area contributed by atoms with Crippen molar-refractivity contribution in [2.24, 2.45) is 7.05 Å². The van der Waals surface area contributed by atoms with E-state index in [-0.39, 0.29) is 6.10 Å². The van der Waals surface area contributed by atoms with E-state index in [0.29, 0.717) is 0 Å². The summed E-state index contributed by atoms with van der Waals surface area (Å²) in [6.07, 6.45) is 3.83.